The van der Waals surface area contributed by atoms with Crippen LogP contribution in [0.15, 0.2) is 11.6 Å². The molecule has 3 unspecified atom stereocenters. The number of hydrogen-bond acceptors (Lipinski definition) is 4. The third-order valence-corrected chi connectivity index (χ3v) is 3.44. The first kappa shape index (κ1) is 17.2. The lowest BCUT2D eigenvalue weighted by Gasteiger charge is -2.44. The van der Waals surface area contributed by atoms with Gasteiger partial charge in [0.25, 0.3) is 0 Å². The molecule has 0 spiro atoms. The first-order valence-corrected chi connectivity index (χ1v) is 7.40. The van der Waals surface area contributed by atoms with Crippen LogP contribution in [0.2, 0.25) is 0 Å². The molecule has 116 valence electrons. The number of carbonyl (C=O) groups excluding carboxylic acids is 1. The summed E-state index contributed by atoms with van der Waals surface area (Å²) in [5.74, 6) is 0.555. The fourth-order valence-electron chi connectivity index (χ4n) is 2.61. The van der Waals surface area contributed by atoms with Crippen molar-refractivity contribution in [2.75, 3.05) is 0 Å². The molecule has 1 saturated heterocycles. The van der Waals surface area contributed by atoms with Gasteiger partial charge in [-0.2, -0.15) is 0 Å². The molecule has 4 nitrogen and oxygen atoms in total. The monoisotopic (exact) mass is 284 g/mol. The van der Waals surface area contributed by atoms with Crippen molar-refractivity contribution >= 4 is 5.97 Å². The van der Waals surface area contributed by atoms with Crippen LogP contribution in [0.25, 0.3) is 0 Å². The molecule has 0 saturated carbocycles. The molecule has 1 heterocycles. The van der Waals surface area contributed by atoms with Gasteiger partial charge in [-0.05, 0) is 45.1 Å². The average Bonchev–Trinajstić information content (AvgIpc) is 2.25. The second kappa shape index (κ2) is 6.72. The van der Waals surface area contributed by atoms with Crippen molar-refractivity contribution in [3.8, 4) is 0 Å². The van der Waals surface area contributed by atoms with Crippen molar-refractivity contribution in [1.82, 2.24) is 0 Å². The molecule has 0 amide bonds. The smallest absolute Gasteiger partial charge is 0.333 e. The lowest BCUT2D eigenvalue weighted by atomic mass is 9.87. The number of rotatable bonds is 6. The van der Waals surface area contributed by atoms with Crippen LogP contribution in [0.3, 0.4) is 0 Å². The van der Waals surface area contributed by atoms with Gasteiger partial charge in [-0.15, -0.1) is 0 Å². The summed E-state index contributed by atoms with van der Waals surface area (Å²) in [7, 11) is 0. The van der Waals surface area contributed by atoms with E-state index >= 15 is 0 Å². The molecule has 0 aromatic carbocycles. The Balaban J connectivity index is 2.62. The van der Waals surface area contributed by atoms with Crippen molar-refractivity contribution in [2.45, 2.75) is 72.7 Å². The van der Waals surface area contributed by atoms with Gasteiger partial charge in [0.1, 0.15) is 11.7 Å². The van der Waals surface area contributed by atoms with Crippen LogP contribution in [0.5, 0.6) is 0 Å². The maximum atomic E-state index is 12.0. The molecular formula is C16H28O4. The summed E-state index contributed by atoms with van der Waals surface area (Å²) in [6.07, 6.45) is 2.58. The Hall–Kier alpha value is -0.870. The zero-order valence-corrected chi connectivity index (χ0v) is 13.7. The van der Waals surface area contributed by atoms with E-state index in [9.17, 15) is 4.79 Å². The van der Waals surface area contributed by atoms with Gasteiger partial charge in [0.15, 0.2) is 0 Å². The maximum absolute atomic E-state index is 12.0. The lowest BCUT2D eigenvalue weighted by molar-refractivity contribution is -0.498. The van der Waals surface area contributed by atoms with Crippen LogP contribution in [0.1, 0.15) is 54.9 Å². The van der Waals surface area contributed by atoms with Gasteiger partial charge in [-0.1, -0.05) is 27.7 Å². The Labute approximate surface area is 122 Å². The molecule has 1 rings (SSSR count). The minimum absolute atomic E-state index is 0.0293. The molecule has 1 fully saturated rings. The topological polar surface area (TPSA) is 44.8 Å². The highest BCUT2D eigenvalue weighted by molar-refractivity contribution is 5.88. The standard InChI is InChI=1S/C16H28O4/c1-10(2)8-13(6)18-15(17)12(5)9-16(7)14(11(3)4)19-20-16/h9-11,13-14H,8H2,1-7H3/b12-9+. The number of ether oxygens (including phenoxy) is 1. The van der Waals surface area contributed by atoms with E-state index in [0.29, 0.717) is 17.4 Å². The molecule has 20 heavy (non-hydrogen) atoms. The molecule has 0 aliphatic carbocycles. The van der Waals surface area contributed by atoms with E-state index in [2.05, 4.69) is 27.7 Å². The Morgan fingerprint density at radius 1 is 1.30 bits per heavy atom. The molecule has 1 aliphatic heterocycles. The van der Waals surface area contributed by atoms with Gasteiger partial charge < -0.3 is 4.74 Å². The SMILES string of the molecule is C/C(=C\C1(C)OOC1C(C)C)C(=O)OC(C)CC(C)C. The summed E-state index contributed by atoms with van der Waals surface area (Å²) in [4.78, 5) is 22.4. The van der Waals surface area contributed by atoms with Crippen LogP contribution in [0.4, 0.5) is 0 Å². The van der Waals surface area contributed by atoms with Crippen molar-refractivity contribution < 1.29 is 19.3 Å². The molecule has 0 N–H and O–H groups in total. The molecular weight excluding hydrogens is 256 g/mol. The first-order valence-electron chi connectivity index (χ1n) is 7.40. The van der Waals surface area contributed by atoms with E-state index in [1.165, 1.54) is 0 Å². The zero-order valence-electron chi connectivity index (χ0n) is 13.7. The molecule has 0 aromatic heterocycles. The predicted molar refractivity (Wildman–Crippen MR) is 78.0 cm³/mol. The third-order valence-electron chi connectivity index (χ3n) is 3.44. The van der Waals surface area contributed by atoms with Crippen LogP contribution < -0.4 is 0 Å². The largest absolute Gasteiger partial charge is 0.459 e. The highest BCUT2D eigenvalue weighted by atomic mass is 17.3. The van der Waals surface area contributed by atoms with E-state index in [1.807, 2.05) is 19.9 Å². The number of esters is 1. The summed E-state index contributed by atoms with van der Waals surface area (Å²) in [6.45, 7) is 14.0. The van der Waals surface area contributed by atoms with E-state index in [0.717, 1.165) is 6.42 Å². The van der Waals surface area contributed by atoms with Gasteiger partial charge in [0, 0.05) is 5.57 Å². The Bertz CT molecular complexity index is 373. The summed E-state index contributed by atoms with van der Waals surface area (Å²) in [5, 5.41) is 0. The normalized spacial score (nSPS) is 28.4. The molecule has 4 heteroatoms. The second-order valence-corrected chi connectivity index (χ2v) is 6.70. The summed E-state index contributed by atoms with van der Waals surface area (Å²) < 4.78 is 5.43. The Morgan fingerprint density at radius 2 is 1.90 bits per heavy atom. The first-order chi connectivity index (χ1) is 9.15. The number of carbonyl (C=O) groups is 1. The van der Waals surface area contributed by atoms with Gasteiger partial charge in [0.05, 0.1) is 6.10 Å². The van der Waals surface area contributed by atoms with Crippen molar-refractivity contribution in [3.05, 3.63) is 11.6 Å². The Kier molecular flexibility index (Phi) is 5.78. The molecule has 0 aromatic rings. The summed E-state index contributed by atoms with van der Waals surface area (Å²) in [5.41, 5.74) is 0.0236. The highest BCUT2D eigenvalue weighted by Gasteiger charge is 2.47. The average molecular weight is 284 g/mol. The van der Waals surface area contributed by atoms with Crippen LogP contribution in [-0.4, -0.2) is 23.8 Å². The van der Waals surface area contributed by atoms with Gasteiger partial charge in [-0.25, -0.2) is 14.6 Å². The van der Waals surface area contributed by atoms with Gasteiger partial charge in [-0.3, -0.25) is 0 Å². The van der Waals surface area contributed by atoms with Crippen molar-refractivity contribution in [3.63, 3.8) is 0 Å². The second-order valence-electron chi connectivity index (χ2n) is 6.70. The molecule has 3 atom stereocenters. The predicted octanol–water partition coefficient (Wildman–Crippen LogP) is 3.66. The fourth-order valence-corrected chi connectivity index (χ4v) is 2.61. The van der Waals surface area contributed by atoms with E-state index in [1.54, 1.807) is 6.92 Å². The molecule has 1 aliphatic rings. The van der Waals surface area contributed by atoms with E-state index < -0.39 is 5.60 Å². The van der Waals surface area contributed by atoms with Gasteiger partial charge in [0.2, 0.25) is 0 Å². The highest BCUT2D eigenvalue weighted by Crippen LogP contribution is 2.36. The minimum atomic E-state index is -0.543. The summed E-state index contributed by atoms with van der Waals surface area (Å²) >= 11 is 0. The quantitative estimate of drug-likeness (QED) is 0.424. The maximum Gasteiger partial charge on any atom is 0.333 e. The van der Waals surface area contributed by atoms with E-state index in [-0.39, 0.29) is 18.2 Å². The van der Waals surface area contributed by atoms with E-state index in [4.69, 9.17) is 14.5 Å². The Morgan fingerprint density at radius 3 is 2.30 bits per heavy atom. The summed E-state index contributed by atoms with van der Waals surface area (Å²) in [6, 6.07) is 0. The van der Waals surface area contributed by atoms with Crippen molar-refractivity contribution in [2.24, 2.45) is 11.8 Å². The minimum Gasteiger partial charge on any atom is -0.459 e. The van der Waals surface area contributed by atoms with Crippen LogP contribution in [-0.2, 0) is 19.3 Å². The van der Waals surface area contributed by atoms with Crippen LogP contribution in [0, 0.1) is 11.8 Å². The van der Waals surface area contributed by atoms with Crippen LogP contribution >= 0.6 is 0 Å². The molecule has 0 bridgehead atoms. The number of hydrogen-bond donors (Lipinski definition) is 0. The molecule has 0 radical (unpaired) electrons. The van der Waals surface area contributed by atoms with Crippen molar-refractivity contribution in [1.29, 1.82) is 0 Å². The van der Waals surface area contributed by atoms with Gasteiger partial charge >= 0.3 is 5.97 Å². The lowest BCUT2D eigenvalue weighted by Crippen LogP contribution is -2.55. The fraction of sp³-hybridized carbons (Fsp3) is 0.812. The third kappa shape index (κ3) is 4.32. The zero-order chi connectivity index (χ0) is 15.5.